The van der Waals surface area contributed by atoms with E-state index in [1.807, 2.05) is 11.0 Å². The summed E-state index contributed by atoms with van der Waals surface area (Å²) < 4.78 is 27.6. The van der Waals surface area contributed by atoms with Gasteiger partial charge in [0.15, 0.2) is 5.65 Å². The zero-order valence-electron chi connectivity index (χ0n) is 19.6. The zero-order valence-corrected chi connectivity index (χ0v) is 19.6. The molecule has 0 aromatic carbocycles. The van der Waals surface area contributed by atoms with E-state index in [1.54, 1.807) is 25.4 Å². The Morgan fingerprint density at radius 1 is 1.26 bits per heavy atom. The van der Waals surface area contributed by atoms with Crippen molar-refractivity contribution in [3.63, 3.8) is 0 Å². The maximum atomic E-state index is 13.1. The van der Waals surface area contributed by atoms with Crippen molar-refractivity contribution in [1.82, 2.24) is 34.4 Å². The number of aromatic amines is 1. The molecular weight excluding hydrogens is 454 g/mol. The number of H-pyrrole nitrogens is 1. The molecule has 6 rings (SSSR count). The van der Waals surface area contributed by atoms with Crippen molar-refractivity contribution in [2.24, 2.45) is 0 Å². The largest absolute Gasteiger partial charge is 0.351 e. The molecule has 0 spiro atoms. The second kappa shape index (κ2) is 7.96. The van der Waals surface area contributed by atoms with E-state index in [0.717, 1.165) is 36.8 Å². The number of nitrogens with zero attached hydrogens (tertiary/aromatic N) is 6. The van der Waals surface area contributed by atoms with Gasteiger partial charge in [0.25, 0.3) is 6.43 Å². The van der Waals surface area contributed by atoms with Gasteiger partial charge in [0.05, 0.1) is 12.2 Å². The summed E-state index contributed by atoms with van der Waals surface area (Å²) in [5.41, 5.74) is 3.01. The summed E-state index contributed by atoms with van der Waals surface area (Å²) in [7, 11) is 0. The third-order valence-corrected chi connectivity index (χ3v) is 7.24. The number of fused-ring (bicyclic) bond motifs is 2. The van der Waals surface area contributed by atoms with Crippen LogP contribution in [0.1, 0.15) is 38.4 Å². The molecule has 11 heteroatoms. The van der Waals surface area contributed by atoms with Gasteiger partial charge in [-0.15, -0.1) is 0 Å². The lowest BCUT2D eigenvalue weighted by Crippen LogP contribution is -2.59. The lowest BCUT2D eigenvalue weighted by molar-refractivity contribution is -0.136. The number of imidazole rings is 1. The highest BCUT2D eigenvalue weighted by Gasteiger charge is 2.48. The van der Waals surface area contributed by atoms with E-state index in [4.69, 9.17) is 0 Å². The van der Waals surface area contributed by atoms with Crippen LogP contribution in [0, 0.1) is 6.92 Å². The molecule has 2 fully saturated rings. The molecule has 4 aromatic heterocycles. The Morgan fingerprint density at radius 2 is 2.09 bits per heavy atom. The van der Waals surface area contributed by atoms with Gasteiger partial charge in [0, 0.05) is 47.9 Å². The van der Waals surface area contributed by atoms with Crippen molar-refractivity contribution in [1.29, 1.82) is 0 Å². The summed E-state index contributed by atoms with van der Waals surface area (Å²) in [6.07, 6.45) is 4.38. The van der Waals surface area contributed by atoms with Gasteiger partial charge in [0.1, 0.15) is 17.0 Å². The Hall–Kier alpha value is -3.63. The number of hydrogen-bond donors (Lipinski definition) is 2. The van der Waals surface area contributed by atoms with Gasteiger partial charge in [-0.1, -0.05) is 0 Å². The van der Waals surface area contributed by atoms with Crippen molar-refractivity contribution in [2.45, 2.75) is 64.1 Å². The molecule has 2 aliphatic rings. The van der Waals surface area contributed by atoms with Crippen LogP contribution < -0.4 is 5.32 Å². The molecule has 9 nitrogen and oxygen atoms in total. The van der Waals surface area contributed by atoms with Gasteiger partial charge < -0.3 is 19.8 Å². The Kier molecular flexibility index (Phi) is 4.97. The number of halogens is 2. The van der Waals surface area contributed by atoms with E-state index in [0.29, 0.717) is 40.7 Å². The Bertz CT molecular complexity index is 1440. The Balaban J connectivity index is 1.22. The first kappa shape index (κ1) is 21.9. The summed E-state index contributed by atoms with van der Waals surface area (Å²) >= 11 is 0. The number of nitrogens with one attached hydrogen (secondary N) is 2. The number of aryl methyl sites for hydroxylation is 1. The van der Waals surface area contributed by atoms with Crippen LogP contribution in [0.4, 0.5) is 14.7 Å². The monoisotopic (exact) mass is 480 g/mol. The summed E-state index contributed by atoms with van der Waals surface area (Å²) in [6.45, 7) is 4.24. The minimum absolute atomic E-state index is 0.0888. The second-order valence-corrected chi connectivity index (χ2v) is 9.75. The molecule has 182 valence electrons. The van der Waals surface area contributed by atoms with E-state index in [2.05, 4.69) is 37.2 Å². The maximum absolute atomic E-state index is 13.1. The van der Waals surface area contributed by atoms with Gasteiger partial charge in [-0.2, -0.15) is 4.98 Å². The minimum atomic E-state index is -2.49. The molecular formula is C24H26F2N8O. The molecule has 4 aromatic rings. The van der Waals surface area contributed by atoms with Gasteiger partial charge in [0.2, 0.25) is 11.9 Å². The number of aromatic nitrogens is 6. The van der Waals surface area contributed by atoms with Gasteiger partial charge in [-0.05, 0) is 45.2 Å². The third-order valence-electron chi connectivity index (χ3n) is 7.24. The SMILES string of the molecule is Cc1nc2ccc(-c3c[nH]c4nc(NC5CC(C)(N6CCCC6=O)C5)ncc34)nc2n1CC(F)F. The van der Waals surface area contributed by atoms with E-state index in [-0.39, 0.29) is 17.5 Å². The van der Waals surface area contributed by atoms with Crippen LogP contribution >= 0.6 is 0 Å². The molecule has 5 heterocycles. The lowest BCUT2D eigenvalue weighted by atomic mass is 9.73. The van der Waals surface area contributed by atoms with Crippen LogP contribution in [-0.2, 0) is 11.3 Å². The van der Waals surface area contributed by atoms with Crippen LogP contribution in [0.2, 0.25) is 0 Å². The number of likely N-dealkylation sites (tertiary alicyclic amines) is 1. The normalized spacial score (nSPS) is 22.5. The minimum Gasteiger partial charge on any atom is -0.351 e. The lowest BCUT2D eigenvalue weighted by Gasteiger charge is -2.51. The number of pyridine rings is 1. The quantitative estimate of drug-likeness (QED) is 0.434. The number of rotatable bonds is 6. The maximum Gasteiger partial charge on any atom is 0.256 e. The molecule has 0 unspecified atom stereocenters. The molecule has 2 N–H and O–H groups in total. The standard InChI is InChI=1S/C24H26F2N8O/c1-13-29-18-6-5-17(31-22(18)33(13)12-19(25)26)15-10-27-21-16(15)11-28-23(32-21)30-14-8-24(2,9-14)34-7-3-4-20(34)35/h5-6,10-11,14,19H,3-4,7-9,12H2,1-2H3,(H2,27,28,30,32). The van der Waals surface area contributed by atoms with Crippen LogP contribution in [0.15, 0.2) is 24.5 Å². The van der Waals surface area contributed by atoms with E-state index >= 15 is 0 Å². The fourth-order valence-electron chi connectivity index (χ4n) is 5.54. The number of carbonyl (C=O) groups is 1. The fourth-order valence-corrected chi connectivity index (χ4v) is 5.54. The summed E-state index contributed by atoms with van der Waals surface area (Å²) in [4.78, 5) is 35.4. The van der Waals surface area contributed by atoms with Crippen LogP contribution in [0.3, 0.4) is 0 Å². The first-order chi connectivity index (χ1) is 16.8. The van der Waals surface area contributed by atoms with Crippen molar-refractivity contribution >= 4 is 34.1 Å². The first-order valence-electron chi connectivity index (χ1n) is 11.8. The second-order valence-electron chi connectivity index (χ2n) is 9.75. The summed E-state index contributed by atoms with van der Waals surface area (Å²) in [6, 6.07) is 3.83. The van der Waals surface area contributed by atoms with Crippen molar-refractivity contribution in [3.8, 4) is 11.3 Å². The van der Waals surface area contributed by atoms with Crippen molar-refractivity contribution in [2.75, 3.05) is 11.9 Å². The number of hydrogen-bond acceptors (Lipinski definition) is 6. The van der Waals surface area contributed by atoms with Crippen LogP contribution in [0.25, 0.3) is 33.5 Å². The molecule has 1 saturated carbocycles. The number of alkyl halides is 2. The van der Waals surface area contributed by atoms with E-state index < -0.39 is 13.0 Å². The number of amides is 1. The highest BCUT2D eigenvalue weighted by molar-refractivity contribution is 5.93. The van der Waals surface area contributed by atoms with E-state index in [9.17, 15) is 13.6 Å². The van der Waals surface area contributed by atoms with E-state index in [1.165, 1.54) is 4.57 Å². The third kappa shape index (κ3) is 3.69. The van der Waals surface area contributed by atoms with Crippen LogP contribution in [0.5, 0.6) is 0 Å². The molecule has 1 saturated heterocycles. The number of carbonyl (C=O) groups excluding carboxylic acids is 1. The average molecular weight is 481 g/mol. The molecule has 1 aliphatic carbocycles. The molecule has 1 aliphatic heterocycles. The van der Waals surface area contributed by atoms with Gasteiger partial charge in [-0.25, -0.2) is 23.7 Å². The van der Waals surface area contributed by atoms with Crippen molar-refractivity contribution in [3.05, 3.63) is 30.4 Å². The predicted molar refractivity (Wildman–Crippen MR) is 127 cm³/mol. The number of anilines is 1. The molecule has 0 radical (unpaired) electrons. The molecule has 35 heavy (non-hydrogen) atoms. The highest BCUT2D eigenvalue weighted by Crippen LogP contribution is 2.41. The van der Waals surface area contributed by atoms with Crippen LogP contribution in [-0.4, -0.2) is 64.8 Å². The van der Waals surface area contributed by atoms with Gasteiger partial charge in [-0.3, -0.25) is 4.79 Å². The molecule has 1 amide bonds. The highest BCUT2D eigenvalue weighted by atomic mass is 19.3. The Morgan fingerprint density at radius 3 is 2.83 bits per heavy atom. The average Bonchev–Trinajstić information content (AvgIpc) is 3.49. The first-order valence-corrected chi connectivity index (χ1v) is 11.8. The molecule has 0 atom stereocenters. The predicted octanol–water partition coefficient (Wildman–Crippen LogP) is 3.90. The fraction of sp³-hybridized carbons (Fsp3) is 0.458. The van der Waals surface area contributed by atoms with Crippen molar-refractivity contribution < 1.29 is 13.6 Å². The topological polar surface area (TPSA) is 105 Å². The summed E-state index contributed by atoms with van der Waals surface area (Å²) in [5.74, 6) is 1.28. The van der Waals surface area contributed by atoms with Gasteiger partial charge >= 0.3 is 0 Å². The Labute approximate surface area is 200 Å². The molecule has 0 bridgehead atoms. The summed E-state index contributed by atoms with van der Waals surface area (Å²) in [5, 5.41) is 4.18. The zero-order chi connectivity index (χ0) is 24.3. The smallest absolute Gasteiger partial charge is 0.256 e.